The van der Waals surface area contributed by atoms with Crippen molar-refractivity contribution in [2.45, 2.75) is 71.8 Å². The van der Waals surface area contributed by atoms with E-state index in [-0.39, 0.29) is 0 Å². The topological polar surface area (TPSA) is 3.24 Å². The minimum absolute atomic E-state index is 0.542. The molecular weight excluding hydrogens is 194 g/mol. The van der Waals surface area contributed by atoms with E-state index in [2.05, 4.69) is 32.7 Å². The number of fused-ring (bicyclic) bond motifs is 1. The molecule has 1 saturated heterocycles. The molecule has 2 atom stereocenters. The van der Waals surface area contributed by atoms with Crippen molar-refractivity contribution < 1.29 is 0 Å². The van der Waals surface area contributed by atoms with Crippen molar-refractivity contribution in [3.8, 4) is 0 Å². The van der Waals surface area contributed by atoms with Crippen molar-refractivity contribution in [2.24, 2.45) is 10.8 Å². The SMILES string of the molecule is CCC(C)(C)CC12CCCC1N(C)CCC2. The molecule has 2 unspecified atom stereocenters. The molecule has 2 aliphatic rings. The fourth-order valence-electron chi connectivity index (χ4n) is 4.31. The Hall–Kier alpha value is -0.0400. The lowest BCUT2D eigenvalue weighted by Crippen LogP contribution is -2.48. The van der Waals surface area contributed by atoms with Gasteiger partial charge in [-0.15, -0.1) is 0 Å². The Labute approximate surface area is 102 Å². The van der Waals surface area contributed by atoms with Gasteiger partial charge in [0.05, 0.1) is 0 Å². The van der Waals surface area contributed by atoms with Crippen LogP contribution in [0.4, 0.5) is 0 Å². The highest BCUT2D eigenvalue weighted by molar-refractivity contribution is 5.01. The summed E-state index contributed by atoms with van der Waals surface area (Å²) in [6, 6.07) is 0.895. The van der Waals surface area contributed by atoms with Crippen molar-refractivity contribution in [3.05, 3.63) is 0 Å². The van der Waals surface area contributed by atoms with Gasteiger partial charge >= 0.3 is 0 Å². The largest absolute Gasteiger partial charge is 0.303 e. The quantitative estimate of drug-likeness (QED) is 0.697. The zero-order valence-electron chi connectivity index (χ0n) is 11.7. The van der Waals surface area contributed by atoms with Crippen LogP contribution in [0.15, 0.2) is 0 Å². The molecule has 0 radical (unpaired) electrons. The van der Waals surface area contributed by atoms with Gasteiger partial charge in [-0.2, -0.15) is 0 Å². The Balaban J connectivity index is 2.14. The fraction of sp³-hybridized carbons (Fsp3) is 1.00. The fourth-order valence-corrected chi connectivity index (χ4v) is 4.31. The molecule has 0 bridgehead atoms. The second-order valence-corrected chi connectivity index (χ2v) is 7.05. The molecule has 0 aromatic rings. The molecule has 2 fully saturated rings. The van der Waals surface area contributed by atoms with Gasteiger partial charge < -0.3 is 4.90 Å². The first-order valence-electron chi connectivity index (χ1n) is 7.19. The van der Waals surface area contributed by atoms with Crippen molar-refractivity contribution in [1.82, 2.24) is 4.90 Å². The average molecular weight is 223 g/mol. The van der Waals surface area contributed by atoms with Crippen LogP contribution in [0.3, 0.4) is 0 Å². The minimum atomic E-state index is 0.542. The Morgan fingerprint density at radius 1 is 1.25 bits per heavy atom. The summed E-state index contributed by atoms with van der Waals surface area (Å²) in [6.45, 7) is 8.61. The Bertz CT molecular complexity index is 246. The van der Waals surface area contributed by atoms with Crippen LogP contribution in [-0.2, 0) is 0 Å². The molecule has 94 valence electrons. The predicted octanol–water partition coefficient (Wildman–Crippen LogP) is 4.08. The van der Waals surface area contributed by atoms with Gasteiger partial charge in [0, 0.05) is 6.04 Å². The van der Waals surface area contributed by atoms with E-state index in [4.69, 9.17) is 0 Å². The summed E-state index contributed by atoms with van der Waals surface area (Å²) in [5.74, 6) is 0. The molecule has 0 N–H and O–H groups in total. The predicted molar refractivity (Wildman–Crippen MR) is 70.6 cm³/mol. The number of hydrogen-bond acceptors (Lipinski definition) is 1. The molecular formula is C15H29N. The van der Waals surface area contributed by atoms with E-state index in [1.165, 1.54) is 51.5 Å². The van der Waals surface area contributed by atoms with Crippen LogP contribution in [0.2, 0.25) is 0 Å². The molecule has 2 rings (SSSR count). The van der Waals surface area contributed by atoms with Crippen LogP contribution < -0.4 is 0 Å². The number of piperidine rings is 1. The zero-order chi connectivity index (χ0) is 11.8. The first-order valence-corrected chi connectivity index (χ1v) is 7.19. The van der Waals surface area contributed by atoms with Crippen LogP contribution >= 0.6 is 0 Å². The van der Waals surface area contributed by atoms with Crippen molar-refractivity contribution in [3.63, 3.8) is 0 Å². The van der Waals surface area contributed by atoms with Gasteiger partial charge in [-0.05, 0) is 56.5 Å². The summed E-state index contributed by atoms with van der Waals surface area (Å²) in [5, 5.41) is 0. The monoisotopic (exact) mass is 223 g/mol. The van der Waals surface area contributed by atoms with E-state index in [0.29, 0.717) is 10.8 Å². The molecule has 16 heavy (non-hydrogen) atoms. The molecule has 0 amide bonds. The van der Waals surface area contributed by atoms with E-state index in [1.807, 2.05) is 0 Å². The third-order valence-corrected chi connectivity index (χ3v) is 5.36. The first kappa shape index (κ1) is 12.4. The zero-order valence-corrected chi connectivity index (χ0v) is 11.7. The maximum atomic E-state index is 2.66. The van der Waals surface area contributed by atoms with E-state index in [0.717, 1.165) is 6.04 Å². The third kappa shape index (κ3) is 2.16. The Kier molecular flexibility index (Phi) is 3.36. The second-order valence-electron chi connectivity index (χ2n) is 7.05. The highest BCUT2D eigenvalue weighted by Gasteiger charge is 2.48. The van der Waals surface area contributed by atoms with Gasteiger partial charge in [-0.25, -0.2) is 0 Å². The molecule has 1 aliphatic heterocycles. The number of nitrogens with zero attached hydrogens (tertiary/aromatic N) is 1. The van der Waals surface area contributed by atoms with Gasteiger partial charge in [0.15, 0.2) is 0 Å². The molecule has 1 nitrogen and oxygen atoms in total. The van der Waals surface area contributed by atoms with Gasteiger partial charge in [0.2, 0.25) is 0 Å². The van der Waals surface area contributed by atoms with Crippen LogP contribution in [-0.4, -0.2) is 24.5 Å². The number of hydrogen-bond donors (Lipinski definition) is 0. The van der Waals surface area contributed by atoms with E-state index < -0.39 is 0 Å². The number of rotatable bonds is 3. The summed E-state index contributed by atoms with van der Waals surface area (Å²) in [4.78, 5) is 2.66. The van der Waals surface area contributed by atoms with Gasteiger partial charge in [-0.1, -0.05) is 33.6 Å². The maximum Gasteiger partial charge on any atom is 0.0149 e. The lowest BCUT2D eigenvalue weighted by Gasteiger charge is -2.48. The molecule has 1 heteroatoms. The summed E-state index contributed by atoms with van der Waals surface area (Å²) in [7, 11) is 2.35. The van der Waals surface area contributed by atoms with E-state index in [9.17, 15) is 0 Å². The standard InChI is InChI=1S/C15H29N/c1-5-14(2,3)12-15-9-6-8-13(15)16(4)11-7-10-15/h13H,5-12H2,1-4H3. The van der Waals surface area contributed by atoms with Gasteiger partial charge in [0.1, 0.15) is 0 Å². The minimum Gasteiger partial charge on any atom is -0.303 e. The average Bonchev–Trinajstić information content (AvgIpc) is 2.62. The molecule has 1 aliphatic carbocycles. The highest BCUT2D eigenvalue weighted by atomic mass is 15.2. The highest BCUT2D eigenvalue weighted by Crippen LogP contribution is 2.53. The molecule has 0 aromatic heterocycles. The Morgan fingerprint density at radius 2 is 1.94 bits per heavy atom. The maximum absolute atomic E-state index is 2.66. The van der Waals surface area contributed by atoms with Gasteiger partial charge in [-0.3, -0.25) is 0 Å². The lowest BCUT2D eigenvalue weighted by molar-refractivity contribution is 0.0173. The normalized spacial score (nSPS) is 36.4. The summed E-state index contributed by atoms with van der Waals surface area (Å²) >= 11 is 0. The van der Waals surface area contributed by atoms with Crippen molar-refractivity contribution in [2.75, 3.05) is 13.6 Å². The van der Waals surface area contributed by atoms with E-state index >= 15 is 0 Å². The van der Waals surface area contributed by atoms with Crippen LogP contribution in [0.5, 0.6) is 0 Å². The summed E-state index contributed by atoms with van der Waals surface area (Å²) in [5.41, 5.74) is 1.22. The van der Waals surface area contributed by atoms with Crippen LogP contribution in [0.1, 0.15) is 65.7 Å². The van der Waals surface area contributed by atoms with Gasteiger partial charge in [0.25, 0.3) is 0 Å². The first-order chi connectivity index (χ1) is 7.49. The smallest absolute Gasteiger partial charge is 0.0149 e. The van der Waals surface area contributed by atoms with Crippen LogP contribution in [0, 0.1) is 10.8 Å². The molecule has 0 aromatic carbocycles. The number of likely N-dealkylation sites (tertiary alicyclic amines) is 1. The molecule has 0 spiro atoms. The van der Waals surface area contributed by atoms with Crippen molar-refractivity contribution in [1.29, 1.82) is 0 Å². The molecule has 1 heterocycles. The lowest BCUT2D eigenvalue weighted by atomic mass is 9.65. The molecule has 1 saturated carbocycles. The second kappa shape index (κ2) is 4.33. The Morgan fingerprint density at radius 3 is 2.62 bits per heavy atom. The third-order valence-electron chi connectivity index (χ3n) is 5.36. The summed E-state index contributed by atoms with van der Waals surface area (Å²) < 4.78 is 0. The van der Waals surface area contributed by atoms with Crippen molar-refractivity contribution >= 4 is 0 Å². The van der Waals surface area contributed by atoms with E-state index in [1.54, 1.807) is 0 Å². The summed E-state index contributed by atoms with van der Waals surface area (Å²) in [6.07, 6.45) is 10.1. The van der Waals surface area contributed by atoms with Crippen LogP contribution in [0.25, 0.3) is 0 Å².